The molecule has 0 radical (unpaired) electrons. The molecule has 0 unspecified atom stereocenters. The number of aryl methyl sites for hydroxylation is 1. The minimum atomic E-state index is -0.0703. The first-order chi connectivity index (χ1) is 10.8. The fraction of sp³-hybridized carbons (Fsp3) is 0.333. The Morgan fingerprint density at radius 3 is 2.55 bits per heavy atom. The molecule has 3 rings (SSSR count). The van der Waals surface area contributed by atoms with Crippen LogP contribution in [-0.4, -0.2) is 0 Å². The van der Waals surface area contributed by atoms with Crippen LogP contribution in [0.25, 0.3) is 11.6 Å². The van der Waals surface area contributed by atoms with Gasteiger partial charge in [0, 0.05) is 0 Å². The van der Waals surface area contributed by atoms with Gasteiger partial charge in [0.2, 0.25) is 0 Å². The largest absolute Gasteiger partial charge is 0.207 e. The van der Waals surface area contributed by atoms with Gasteiger partial charge in [0.25, 0.3) is 0 Å². The lowest BCUT2D eigenvalue weighted by Gasteiger charge is -2.17. The quantitative estimate of drug-likeness (QED) is 0.589. The van der Waals surface area contributed by atoms with E-state index < -0.39 is 0 Å². The fourth-order valence-corrected chi connectivity index (χ4v) is 3.19. The Morgan fingerprint density at radius 1 is 0.955 bits per heavy atom. The smallest absolute Gasteiger partial charge is 0.127 e. The second-order valence-electron chi connectivity index (χ2n) is 6.13. The molecule has 0 atom stereocenters. The van der Waals surface area contributed by atoms with Crippen molar-refractivity contribution in [1.29, 1.82) is 0 Å². The average Bonchev–Trinajstić information content (AvgIpc) is 2.56. The summed E-state index contributed by atoms with van der Waals surface area (Å²) in [5.74, 6) is -0.0703. The van der Waals surface area contributed by atoms with Gasteiger partial charge in [0.1, 0.15) is 5.82 Å². The van der Waals surface area contributed by atoms with E-state index in [9.17, 15) is 4.39 Å². The Bertz CT molecular complexity index is 665. The molecule has 1 heteroatoms. The van der Waals surface area contributed by atoms with E-state index in [0.717, 1.165) is 24.0 Å². The fourth-order valence-electron chi connectivity index (χ4n) is 3.19. The summed E-state index contributed by atoms with van der Waals surface area (Å²) < 4.78 is 13.8. The van der Waals surface area contributed by atoms with E-state index in [1.165, 1.54) is 42.4 Å². The normalized spacial score (nSPS) is 13.6. The molecule has 2 aromatic rings. The first-order valence-corrected chi connectivity index (χ1v) is 8.35. The Hall–Kier alpha value is -1.89. The van der Waals surface area contributed by atoms with Crippen molar-refractivity contribution in [2.24, 2.45) is 0 Å². The highest BCUT2D eigenvalue weighted by molar-refractivity contribution is 5.84. The highest BCUT2D eigenvalue weighted by atomic mass is 19.1. The van der Waals surface area contributed by atoms with Crippen LogP contribution in [0.2, 0.25) is 0 Å². The molecule has 2 aromatic carbocycles. The molecule has 0 heterocycles. The topological polar surface area (TPSA) is 0 Å². The van der Waals surface area contributed by atoms with Crippen molar-refractivity contribution in [1.82, 2.24) is 0 Å². The summed E-state index contributed by atoms with van der Waals surface area (Å²) in [6.07, 6.45) is 8.87. The first-order valence-electron chi connectivity index (χ1n) is 8.35. The molecule has 0 N–H and O–H groups in total. The van der Waals surface area contributed by atoms with Gasteiger partial charge in [-0.15, -0.1) is 0 Å². The zero-order valence-corrected chi connectivity index (χ0v) is 13.2. The van der Waals surface area contributed by atoms with Gasteiger partial charge in [-0.2, -0.15) is 0 Å². The van der Waals surface area contributed by atoms with Gasteiger partial charge < -0.3 is 0 Å². The molecule has 114 valence electrons. The van der Waals surface area contributed by atoms with E-state index >= 15 is 0 Å². The Labute approximate surface area is 132 Å². The predicted molar refractivity (Wildman–Crippen MR) is 92.3 cm³/mol. The van der Waals surface area contributed by atoms with E-state index in [1.54, 1.807) is 12.1 Å². The number of halogens is 1. The van der Waals surface area contributed by atoms with Gasteiger partial charge in [-0.1, -0.05) is 62.2 Å². The van der Waals surface area contributed by atoms with Crippen LogP contribution in [0, 0.1) is 5.82 Å². The molecule has 0 fully saturated rings. The van der Waals surface area contributed by atoms with Crippen molar-refractivity contribution < 1.29 is 4.39 Å². The lowest BCUT2D eigenvalue weighted by molar-refractivity contribution is 0.608. The molecule has 1 aliphatic carbocycles. The van der Waals surface area contributed by atoms with Crippen LogP contribution in [0.15, 0.2) is 42.5 Å². The molecule has 0 bridgehead atoms. The first kappa shape index (κ1) is 15.0. The molecule has 0 saturated heterocycles. The molecule has 0 nitrogen and oxygen atoms in total. The third-order valence-corrected chi connectivity index (χ3v) is 4.52. The number of rotatable bonds is 5. The summed E-state index contributed by atoms with van der Waals surface area (Å²) in [6.45, 7) is 2.24. The van der Waals surface area contributed by atoms with E-state index in [2.05, 4.69) is 37.3 Å². The molecule has 0 aliphatic heterocycles. The van der Waals surface area contributed by atoms with Crippen molar-refractivity contribution in [2.45, 2.75) is 45.4 Å². The van der Waals surface area contributed by atoms with Gasteiger partial charge in [-0.3, -0.25) is 0 Å². The summed E-state index contributed by atoms with van der Waals surface area (Å²) in [5.41, 5.74) is 5.91. The average molecular weight is 294 g/mol. The van der Waals surface area contributed by atoms with Crippen molar-refractivity contribution in [3.8, 4) is 0 Å². The number of benzene rings is 2. The van der Waals surface area contributed by atoms with Gasteiger partial charge in [-0.05, 0) is 59.6 Å². The highest BCUT2D eigenvalue weighted by Gasteiger charge is 2.14. The summed E-state index contributed by atoms with van der Waals surface area (Å²) >= 11 is 0. The van der Waals surface area contributed by atoms with Crippen LogP contribution in [0.1, 0.15) is 54.9 Å². The maximum absolute atomic E-state index is 13.8. The third-order valence-electron chi connectivity index (χ3n) is 4.52. The van der Waals surface area contributed by atoms with Gasteiger partial charge >= 0.3 is 0 Å². The summed E-state index contributed by atoms with van der Waals surface area (Å²) in [6, 6.07) is 14.3. The number of allylic oxidation sites excluding steroid dienone is 1. The highest BCUT2D eigenvalue weighted by Crippen LogP contribution is 2.31. The van der Waals surface area contributed by atoms with Crippen LogP contribution in [0.5, 0.6) is 0 Å². The molecule has 0 aromatic heterocycles. The number of hydrogen-bond donors (Lipinski definition) is 0. The predicted octanol–water partition coefficient (Wildman–Crippen LogP) is 6.05. The minimum Gasteiger partial charge on any atom is -0.207 e. The molecule has 0 amide bonds. The monoisotopic (exact) mass is 294 g/mol. The summed E-state index contributed by atoms with van der Waals surface area (Å²) in [5, 5.41) is 0. The molecule has 0 spiro atoms. The van der Waals surface area contributed by atoms with Crippen LogP contribution in [-0.2, 0) is 12.8 Å². The van der Waals surface area contributed by atoms with E-state index in [4.69, 9.17) is 0 Å². The zero-order chi connectivity index (χ0) is 15.4. The number of hydrogen-bond acceptors (Lipinski definition) is 0. The minimum absolute atomic E-state index is 0.0703. The van der Waals surface area contributed by atoms with Crippen LogP contribution in [0.4, 0.5) is 4.39 Å². The van der Waals surface area contributed by atoms with Crippen molar-refractivity contribution >= 4 is 11.6 Å². The molecular weight excluding hydrogens is 271 g/mol. The Balaban J connectivity index is 1.77. The number of fused-ring (bicyclic) bond motifs is 1. The lowest BCUT2D eigenvalue weighted by Crippen LogP contribution is -2.02. The lowest BCUT2D eigenvalue weighted by atomic mass is 9.88. The second kappa shape index (κ2) is 6.91. The molecular formula is C21H23F. The molecule has 0 saturated carbocycles. The van der Waals surface area contributed by atoms with Gasteiger partial charge in [0.05, 0.1) is 0 Å². The maximum Gasteiger partial charge on any atom is 0.127 e. The van der Waals surface area contributed by atoms with Crippen LogP contribution in [0.3, 0.4) is 0 Å². The Kier molecular flexibility index (Phi) is 4.72. The van der Waals surface area contributed by atoms with E-state index in [0.29, 0.717) is 0 Å². The van der Waals surface area contributed by atoms with Gasteiger partial charge in [-0.25, -0.2) is 4.39 Å². The molecule has 1 aliphatic rings. The standard InChI is InChI=1S/C21H23F/c1-2-3-4-6-16-9-11-17(12-10-16)18-13-14-20-19(15-18)7-5-8-21(20)22/h5,7-12,15H,2-4,6,13-14H2,1H3. The molecule has 22 heavy (non-hydrogen) atoms. The van der Waals surface area contributed by atoms with Crippen molar-refractivity contribution in [2.75, 3.05) is 0 Å². The van der Waals surface area contributed by atoms with Crippen molar-refractivity contribution in [3.63, 3.8) is 0 Å². The second-order valence-corrected chi connectivity index (χ2v) is 6.13. The summed E-state index contributed by atoms with van der Waals surface area (Å²) in [4.78, 5) is 0. The van der Waals surface area contributed by atoms with E-state index in [1.807, 2.05) is 6.07 Å². The Morgan fingerprint density at radius 2 is 1.77 bits per heavy atom. The SMILES string of the molecule is CCCCCc1ccc(C2=Cc3cccc(F)c3CC2)cc1. The van der Waals surface area contributed by atoms with Crippen LogP contribution >= 0.6 is 0 Å². The van der Waals surface area contributed by atoms with Crippen LogP contribution < -0.4 is 0 Å². The number of unbranched alkanes of at least 4 members (excludes halogenated alkanes) is 2. The maximum atomic E-state index is 13.8. The van der Waals surface area contributed by atoms with Gasteiger partial charge in [0.15, 0.2) is 0 Å². The summed E-state index contributed by atoms with van der Waals surface area (Å²) in [7, 11) is 0. The zero-order valence-electron chi connectivity index (χ0n) is 13.2. The van der Waals surface area contributed by atoms with Crippen molar-refractivity contribution in [3.05, 3.63) is 70.5 Å². The third kappa shape index (κ3) is 3.30. The van der Waals surface area contributed by atoms with E-state index in [-0.39, 0.29) is 5.82 Å².